The van der Waals surface area contributed by atoms with Gasteiger partial charge in [0.2, 0.25) is 5.95 Å². The predicted molar refractivity (Wildman–Crippen MR) is 75.6 cm³/mol. The second-order valence-electron chi connectivity index (χ2n) is 5.23. The van der Waals surface area contributed by atoms with Crippen molar-refractivity contribution in [3.8, 4) is 0 Å². The Bertz CT molecular complexity index is 526. The van der Waals surface area contributed by atoms with Gasteiger partial charge in [-0.15, -0.1) is 0 Å². The number of hydrogen-bond donors (Lipinski definition) is 3. The highest BCUT2D eigenvalue weighted by Gasteiger charge is 2.14. The van der Waals surface area contributed by atoms with Gasteiger partial charge in [0.15, 0.2) is 0 Å². The molecule has 4 heteroatoms. The van der Waals surface area contributed by atoms with Crippen LogP contribution in [0.3, 0.4) is 0 Å². The number of nitrogens with one attached hydrogen (secondary N) is 2. The number of imidazole rings is 1. The third kappa shape index (κ3) is 2.42. The summed E-state index contributed by atoms with van der Waals surface area (Å²) in [6.07, 6.45) is 6.87. The molecule has 0 spiro atoms. The SMILES string of the molecule is Nc1ccc2nc(NCCC3CCCC3)[nH]c2c1. The number of aromatic amines is 1. The molecule has 0 saturated heterocycles. The molecule has 1 fully saturated rings. The van der Waals surface area contributed by atoms with Crippen LogP contribution in [0.4, 0.5) is 11.6 Å². The third-order valence-electron chi connectivity index (χ3n) is 3.83. The monoisotopic (exact) mass is 244 g/mol. The topological polar surface area (TPSA) is 66.7 Å². The number of benzene rings is 1. The van der Waals surface area contributed by atoms with Gasteiger partial charge in [0.05, 0.1) is 11.0 Å². The minimum absolute atomic E-state index is 0.767. The van der Waals surface area contributed by atoms with E-state index >= 15 is 0 Å². The number of nitrogen functional groups attached to an aromatic ring is 1. The molecular weight excluding hydrogens is 224 g/mol. The van der Waals surface area contributed by atoms with Gasteiger partial charge in [0.1, 0.15) is 0 Å². The van der Waals surface area contributed by atoms with E-state index in [1.54, 1.807) is 0 Å². The van der Waals surface area contributed by atoms with Crippen LogP contribution < -0.4 is 11.1 Å². The summed E-state index contributed by atoms with van der Waals surface area (Å²) >= 11 is 0. The normalized spacial score (nSPS) is 16.4. The van der Waals surface area contributed by atoms with Gasteiger partial charge in [-0.3, -0.25) is 0 Å². The number of aromatic nitrogens is 2. The third-order valence-corrected chi connectivity index (χ3v) is 3.83. The molecule has 1 aromatic carbocycles. The molecule has 1 aliphatic rings. The van der Waals surface area contributed by atoms with Crippen LogP contribution in [0.1, 0.15) is 32.1 Å². The molecular formula is C14H20N4. The van der Waals surface area contributed by atoms with Crippen LogP contribution in [-0.4, -0.2) is 16.5 Å². The van der Waals surface area contributed by atoms with Gasteiger partial charge in [-0.1, -0.05) is 25.7 Å². The lowest BCUT2D eigenvalue weighted by Gasteiger charge is -2.08. The van der Waals surface area contributed by atoms with Crippen LogP contribution in [0.2, 0.25) is 0 Å². The van der Waals surface area contributed by atoms with E-state index in [1.165, 1.54) is 32.1 Å². The zero-order valence-electron chi connectivity index (χ0n) is 10.6. The van der Waals surface area contributed by atoms with Crippen molar-refractivity contribution in [1.29, 1.82) is 0 Å². The van der Waals surface area contributed by atoms with Crippen molar-refractivity contribution in [3.63, 3.8) is 0 Å². The van der Waals surface area contributed by atoms with Gasteiger partial charge >= 0.3 is 0 Å². The van der Waals surface area contributed by atoms with Gasteiger partial charge in [0, 0.05) is 12.2 Å². The van der Waals surface area contributed by atoms with E-state index in [-0.39, 0.29) is 0 Å². The summed E-state index contributed by atoms with van der Waals surface area (Å²) in [7, 11) is 0. The molecule has 1 aromatic heterocycles. The standard InChI is InChI=1S/C14H20N4/c15-11-5-6-12-13(9-11)18-14(17-12)16-8-7-10-3-1-2-4-10/h5-6,9-10H,1-4,7-8,15H2,(H2,16,17,18). The predicted octanol–water partition coefficient (Wildman–Crippen LogP) is 3.14. The summed E-state index contributed by atoms with van der Waals surface area (Å²) in [6, 6.07) is 5.75. The Morgan fingerprint density at radius 2 is 2.17 bits per heavy atom. The first-order chi connectivity index (χ1) is 8.81. The van der Waals surface area contributed by atoms with Gasteiger partial charge in [0.25, 0.3) is 0 Å². The zero-order chi connectivity index (χ0) is 12.4. The molecule has 1 heterocycles. The minimum Gasteiger partial charge on any atom is -0.399 e. The van der Waals surface area contributed by atoms with Crippen LogP contribution in [0.5, 0.6) is 0 Å². The average molecular weight is 244 g/mol. The summed E-state index contributed by atoms with van der Waals surface area (Å²) in [5, 5.41) is 3.37. The van der Waals surface area contributed by atoms with E-state index in [0.29, 0.717) is 0 Å². The second-order valence-corrected chi connectivity index (χ2v) is 5.23. The number of nitrogens with zero attached hydrogens (tertiary/aromatic N) is 1. The van der Waals surface area contributed by atoms with Crippen molar-refractivity contribution in [2.75, 3.05) is 17.6 Å². The number of rotatable bonds is 4. The van der Waals surface area contributed by atoms with E-state index in [4.69, 9.17) is 5.73 Å². The number of fused-ring (bicyclic) bond motifs is 1. The largest absolute Gasteiger partial charge is 0.399 e. The Morgan fingerprint density at radius 3 is 3.00 bits per heavy atom. The average Bonchev–Trinajstić information content (AvgIpc) is 2.97. The Hall–Kier alpha value is -1.71. The fourth-order valence-electron chi connectivity index (χ4n) is 2.80. The van der Waals surface area contributed by atoms with Gasteiger partial charge in [-0.2, -0.15) is 0 Å². The number of H-pyrrole nitrogens is 1. The lowest BCUT2D eigenvalue weighted by atomic mass is 10.0. The molecule has 1 aliphatic carbocycles. The minimum atomic E-state index is 0.767. The molecule has 0 atom stereocenters. The van der Waals surface area contributed by atoms with Crippen LogP contribution >= 0.6 is 0 Å². The first-order valence-corrected chi connectivity index (χ1v) is 6.80. The highest BCUT2D eigenvalue weighted by atomic mass is 15.1. The lowest BCUT2D eigenvalue weighted by Crippen LogP contribution is -2.07. The molecule has 0 aliphatic heterocycles. The molecule has 1 saturated carbocycles. The van der Waals surface area contributed by atoms with Crippen LogP contribution in [0.15, 0.2) is 18.2 Å². The molecule has 3 rings (SSSR count). The molecule has 96 valence electrons. The molecule has 4 N–H and O–H groups in total. The number of anilines is 2. The Kier molecular flexibility index (Phi) is 3.09. The molecule has 0 bridgehead atoms. The van der Waals surface area contributed by atoms with Crippen molar-refractivity contribution < 1.29 is 0 Å². The van der Waals surface area contributed by atoms with Crippen LogP contribution in [0, 0.1) is 5.92 Å². The lowest BCUT2D eigenvalue weighted by molar-refractivity contribution is 0.518. The van der Waals surface area contributed by atoms with Crippen molar-refractivity contribution in [2.24, 2.45) is 5.92 Å². The van der Waals surface area contributed by atoms with Crippen molar-refractivity contribution >= 4 is 22.7 Å². The molecule has 18 heavy (non-hydrogen) atoms. The second kappa shape index (κ2) is 4.88. The maximum absolute atomic E-state index is 5.75. The zero-order valence-corrected chi connectivity index (χ0v) is 10.6. The summed E-state index contributed by atoms with van der Waals surface area (Å²) in [5.74, 6) is 1.77. The fraction of sp³-hybridized carbons (Fsp3) is 0.500. The maximum Gasteiger partial charge on any atom is 0.201 e. The molecule has 0 unspecified atom stereocenters. The Balaban J connectivity index is 1.60. The van der Waals surface area contributed by atoms with E-state index < -0.39 is 0 Å². The van der Waals surface area contributed by atoms with E-state index in [2.05, 4.69) is 15.3 Å². The van der Waals surface area contributed by atoms with Gasteiger partial charge in [-0.05, 0) is 30.5 Å². The van der Waals surface area contributed by atoms with Gasteiger partial charge in [-0.25, -0.2) is 4.98 Å². The molecule has 4 nitrogen and oxygen atoms in total. The van der Waals surface area contributed by atoms with Crippen molar-refractivity contribution in [2.45, 2.75) is 32.1 Å². The summed E-state index contributed by atoms with van der Waals surface area (Å²) in [5.41, 5.74) is 8.48. The van der Waals surface area contributed by atoms with Crippen molar-refractivity contribution in [1.82, 2.24) is 9.97 Å². The quantitative estimate of drug-likeness (QED) is 0.724. The first kappa shape index (κ1) is 11.4. The maximum atomic E-state index is 5.75. The van der Waals surface area contributed by atoms with Crippen LogP contribution in [0.25, 0.3) is 11.0 Å². The summed E-state index contributed by atoms with van der Waals surface area (Å²) in [4.78, 5) is 7.76. The number of nitrogens with two attached hydrogens (primary N) is 1. The van der Waals surface area contributed by atoms with Crippen molar-refractivity contribution in [3.05, 3.63) is 18.2 Å². The highest BCUT2D eigenvalue weighted by Crippen LogP contribution is 2.27. The summed E-state index contributed by atoms with van der Waals surface area (Å²) in [6.45, 7) is 1.000. The number of hydrogen-bond acceptors (Lipinski definition) is 3. The molecule has 0 radical (unpaired) electrons. The fourth-order valence-corrected chi connectivity index (χ4v) is 2.80. The first-order valence-electron chi connectivity index (χ1n) is 6.80. The molecule has 0 amide bonds. The van der Waals surface area contributed by atoms with E-state index in [9.17, 15) is 0 Å². The smallest absolute Gasteiger partial charge is 0.201 e. The van der Waals surface area contributed by atoms with E-state index in [0.717, 1.165) is 35.1 Å². The van der Waals surface area contributed by atoms with E-state index in [1.807, 2.05) is 18.2 Å². The Morgan fingerprint density at radius 1 is 1.33 bits per heavy atom. The molecule has 2 aromatic rings. The Labute approximate surface area is 107 Å². The van der Waals surface area contributed by atoms with Crippen LogP contribution in [-0.2, 0) is 0 Å². The van der Waals surface area contributed by atoms with Gasteiger partial charge < -0.3 is 16.0 Å². The summed E-state index contributed by atoms with van der Waals surface area (Å²) < 4.78 is 0. The highest BCUT2D eigenvalue weighted by molar-refractivity contribution is 5.80.